The van der Waals surface area contributed by atoms with E-state index in [1.54, 1.807) is 0 Å². The van der Waals surface area contributed by atoms with Gasteiger partial charge in [0.05, 0.1) is 6.04 Å². The van der Waals surface area contributed by atoms with Crippen LogP contribution in [0.5, 0.6) is 0 Å². The molecule has 3 nitrogen and oxygen atoms in total. The molecule has 1 aromatic carbocycles. The number of nitrogens with one attached hydrogen (secondary N) is 1. The minimum absolute atomic E-state index is 0. The van der Waals surface area contributed by atoms with Gasteiger partial charge in [-0.25, -0.2) is 0 Å². The molecule has 0 aliphatic rings. The summed E-state index contributed by atoms with van der Waals surface area (Å²) in [5.41, 5.74) is 6.70. The summed E-state index contributed by atoms with van der Waals surface area (Å²) in [6.07, 6.45) is 1.42. The molecule has 1 aromatic rings. The number of carbonyl (C=O) groups is 1. The van der Waals surface area contributed by atoms with Gasteiger partial charge in [-0.1, -0.05) is 30.7 Å². The van der Waals surface area contributed by atoms with Crippen LogP contribution >= 0.6 is 24.0 Å². The van der Waals surface area contributed by atoms with Gasteiger partial charge in [0.1, 0.15) is 0 Å². The van der Waals surface area contributed by atoms with Crippen LogP contribution < -0.4 is 11.1 Å². The van der Waals surface area contributed by atoms with Gasteiger partial charge in [0.15, 0.2) is 0 Å². The Kier molecular flexibility index (Phi) is 7.96. The molecule has 0 saturated heterocycles. The first kappa shape index (κ1) is 16.2. The molecule has 0 aliphatic carbocycles. The van der Waals surface area contributed by atoms with Crippen LogP contribution in [-0.2, 0) is 11.2 Å². The van der Waals surface area contributed by atoms with Crippen molar-refractivity contribution in [1.29, 1.82) is 0 Å². The maximum absolute atomic E-state index is 11.4. The number of hydrogen-bond donors (Lipinski definition) is 2. The highest BCUT2D eigenvalue weighted by Crippen LogP contribution is 2.10. The fourth-order valence-electron chi connectivity index (χ4n) is 1.34. The standard InChI is InChI=1S/C12H17ClN2O.ClH/c1-2-11(14)12(16)15-7-6-9-4-3-5-10(13)8-9;/h3-5,8,11H,2,6-7,14H2,1H3,(H,15,16);1H/t11-;/m0./s1. The van der Waals surface area contributed by atoms with Crippen molar-refractivity contribution in [3.8, 4) is 0 Å². The molecule has 0 heterocycles. The van der Waals surface area contributed by atoms with Crippen molar-refractivity contribution >= 4 is 29.9 Å². The SMILES string of the molecule is CC[C@H](N)C(=O)NCCc1cccc(Cl)c1.Cl. The Bertz CT molecular complexity index is 358. The highest BCUT2D eigenvalue weighted by atomic mass is 35.5. The van der Waals surface area contributed by atoms with E-state index in [0.29, 0.717) is 18.0 Å². The normalized spacial score (nSPS) is 11.5. The molecule has 5 heteroatoms. The summed E-state index contributed by atoms with van der Waals surface area (Å²) in [7, 11) is 0. The van der Waals surface area contributed by atoms with Crippen molar-refractivity contribution in [3.05, 3.63) is 34.9 Å². The zero-order chi connectivity index (χ0) is 12.0. The average Bonchev–Trinajstić information content (AvgIpc) is 2.28. The summed E-state index contributed by atoms with van der Waals surface area (Å²) in [4.78, 5) is 11.4. The fraction of sp³-hybridized carbons (Fsp3) is 0.417. The molecule has 0 saturated carbocycles. The van der Waals surface area contributed by atoms with Crippen molar-refractivity contribution in [2.24, 2.45) is 5.73 Å². The molecule has 3 N–H and O–H groups in total. The highest BCUT2D eigenvalue weighted by Gasteiger charge is 2.09. The van der Waals surface area contributed by atoms with Gasteiger partial charge < -0.3 is 11.1 Å². The molecule has 0 fully saturated rings. The minimum atomic E-state index is -0.403. The van der Waals surface area contributed by atoms with Gasteiger partial charge in [0.25, 0.3) is 0 Å². The van der Waals surface area contributed by atoms with Crippen LogP contribution in [0.3, 0.4) is 0 Å². The van der Waals surface area contributed by atoms with Crippen LogP contribution in [0.1, 0.15) is 18.9 Å². The first-order chi connectivity index (χ1) is 7.63. The highest BCUT2D eigenvalue weighted by molar-refractivity contribution is 6.30. The smallest absolute Gasteiger partial charge is 0.236 e. The van der Waals surface area contributed by atoms with E-state index >= 15 is 0 Å². The first-order valence-corrected chi connectivity index (χ1v) is 5.79. The molecule has 17 heavy (non-hydrogen) atoms. The summed E-state index contributed by atoms with van der Waals surface area (Å²) < 4.78 is 0. The Morgan fingerprint density at radius 3 is 2.82 bits per heavy atom. The molecule has 96 valence electrons. The van der Waals surface area contributed by atoms with Crippen molar-refractivity contribution in [2.75, 3.05) is 6.54 Å². The summed E-state index contributed by atoms with van der Waals surface area (Å²) >= 11 is 5.85. The lowest BCUT2D eigenvalue weighted by atomic mass is 10.1. The molecule has 1 amide bonds. The van der Waals surface area contributed by atoms with Crippen LogP contribution in [0.15, 0.2) is 24.3 Å². The molecule has 0 spiro atoms. The molecule has 0 aromatic heterocycles. The fourth-order valence-corrected chi connectivity index (χ4v) is 1.55. The summed E-state index contributed by atoms with van der Waals surface area (Å²) in [5.74, 6) is -0.0930. The number of amides is 1. The Morgan fingerprint density at radius 1 is 1.53 bits per heavy atom. The maximum atomic E-state index is 11.4. The monoisotopic (exact) mass is 276 g/mol. The molecule has 0 aliphatic heterocycles. The molecule has 0 bridgehead atoms. The van der Waals surface area contributed by atoms with Crippen molar-refractivity contribution < 1.29 is 4.79 Å². The minimum Gasteiger partial charge on any atom is -0.354 e. The molecule has 1 atom stereocenters. The number of halogens is 2. The third kappa shape index (κ3) is 5.91. The van der Waals surface area contributed by atoms with E-state index in [4.69, 9.17) is 17.3 Å². The van der Waals surface area contributed by atoms with Crippen molar-refractivity contribution in [3.63, 3.8) is 0 Å². The lowest BCUT2D eigenvalue weighted by Crippen LogP contribution is -2.40. The predicted molar refractivity (Wildman–Crippen MR) is 73.7 cm³/mol. The van der Waals surface area contributed by atoms with Crippen molar-refractivity contribution in [2.45, 2.75) is 25.8 Å². The molecule has 0 radical (unpaired) electrons. The van der Waals surface area contributed by atoms with Gasteiger partial charge in [-0.15, -0.1) is 12.4 Å². The lowest BCUT2D eigenvalue weighted by molar-refractivity contribution is -0.122. The number of carbonyl (C=O) groups excluding carboxylic acids is 1. The predicted octanol–water partition coefficient (Wildman–Crippen LogP) is 2.16. The second kappa shape index (κ2) is 8.34. The Morgan fingerprint density at radius 2 is 2.24 bits per heavy atom. The summed E-state index contributed by atoms with van der Waals surface area (Å²) in [6, 6.07) is 7.21. The second-order valence-electron chi connectivity index (χ2n) is 3.69. The van der Waals surface area contributed by atoms with Gasteiger partial charge in [-0.05, 0) is 30.5 Å². The van der Waals surface area contributed by atoms with Crippen LogP contribution in [0, 0.1) is 0 Å². The number of rotatable bonds is 5. The summed E-state index contributed by atoms with van der Waals surface area (Å²) in [5, 5.41) is 3.51. The van der Waals surface area contributed by atoms with Gasteiger partial charge in [-0.3, -0.25) is 4.79 Å². The van der Waals surface area contributed by atoms with E-state index in [1.807, 2.05) is 31.2 Å². The van der Waals surface area contributed by atoms with Crippen LogP contribution in [0.4, 0.5) is 0 Å². The number of hydrogen-bond acceptors (Lipinski definition) is 2. The molecule has 0 unspecified atom stereocenters. The first-order valence-electron chi connectivity index (χ1n) is 5.41. The van der Waals surface area contributed by atoms with E-state index in [0.717, 1.165) is 12.0 Å². The summed E-state index contributed by atoms with van der Waals surface area (Å²) in [6.45, 7) is 2.48. The Hall–Kier alpha value is -0.770. The van der Waals surface area contributed by atoms with E-state index in [9.17, 15) is 4.79 Å². The topological polar surface area (TPSA) is 55.1 Å². The van der Waals surface area contributed by atoms with Gasteiger partial charge in [-0.2, -0.15) is 0 Å². The largest absolute Gasteiger partial charge is 0.354 e. The molecular formula is C12H18Cl2N2O. The zero-order valence-electron chi connectivity index (χ0n) is 9.78. The van der Waals surface area contributed by atoms with E-state index in [1.165, 1.54) is 0 Å². The third-order valence-corrected chi connectivity index (χ3v) is 2.61. The second-order valence-corrected chi connectivity index (χ2v) is 4.12. The van der Waals surface area contributed by atoms with E-state index in [-0.39, 0.29) is 18.3 Å². The van der Waals surface area contributed by atoms with Crippen LogP contribution in [-0.4, -0.2) is 18.5 Å². The third-order valence-electron chi connectivity index (χ3n) is 2.38. The maximum Gasteiger partial charge on any atom is 0.236 e. The van der Waals surface area contributed by atoms with Crippen LogP contribution in [0.2, 0.25) is 5.02 Å². The quantitative estimate of drug-likeness (QED) is 0.866. The van der Waals surface area contributed by atoms with E-state index < -0.39 is 6.04 Å². The lowest BCUT2D eigenvalue weighted by Gasteiger charge is -2.09. The van der Waals surface area contributed by atoms with E-state index in [2.05, 4.69) is 5.32 Å². The van der Waals surface area contributed by atoms with Gasteiger partial charge in [0.2, 0.25) is 5.91 Å². The molecular weight excluding hydrogens is 259 g/mol. The Labute approximate surface area is 113 Å². The zero-order valence-corrected chi connectivity index (χ0v) is 11.4. The molecule has 1 rings (SSSR count). The number of nitrogens with two attached hydrogens (primary N) is 1. The number of benzene rings is 1. The Balaban J connectivity index is 0.00000256. The van der Waals surface area contributed by atoms with Gasteiger partial charge in [0, 0.05) is 11.6 Å². The van der Waals surface area contributed by atoms with Crippen LogP contribution in [0.25, 0.3) is 0 Å². The van der Waals surface area contributed by atoms with Gasteiger partial charge >= 0.3 is 0 Å². The van der Waals surface area contributed by atoms with Crippen molar-refractivity contribution in [1.82, 2.24) is 5.32 Å². The average molecular weight is 277 g/mol.